The molecule has 6 heterocycles. The summed E-state index contributed by atoms with van der Waals surface area (Å²) in [5.41, 5.74) is 4.95. The maximum absolute atomic E-state index is 16.6. The second kappa shape index (κ2) is 37.1. The summed E-state index contributed by atoms with van der Waals surface area (Å²) in [6.07, 6.45) is -12.2. The number of hydrogen-bond acceptors (Lipinski definition) is 27. The molecule has 1 saturated heterocycles. The Labute approximate surface area is 723 Å². The number of hydrogen-bond donors (Lipinski definition) is 14. The number of rotatable bonds is 21. The van der Waals surface area contributed by atoms with Crippen LogP contribution in [0.3, 0.4) is 0 Å². The van der Waals surface area contributed by atoms with Crippen molar-refractivity contribution in [1.82, 2.24) is 26.0 Å². The molecule has 10 aliphatic rings. The van der Waals surface area contributed by atoms with Crippen molar-refractivity contribution < 1.29 is 124 Å². The maximum Gasteiger partial charge on any atom is 0.297 e. The highest BCUT2D eigenvalue weighted by Gasteiger charge is 2.51. The standard InChI is InChI=1S/C88H96Cl2N6O26S2/c1-5-44(22-40(2)3)84(109)94-76-64(100)31-51(34-72(103)96-123(113,114)54-15-11-53(12-16-54)117-20-21-118-124(115,116)55-13-6-41(4)7-14-55)85(110)92-74-50-32-69(119-67-18-9-46(78(76)104)29-60(67)89)83(122-88-82(108)81(107)80(106)71(39-91)121-88)70(33-50)120-68-19-10-47(30-61(68)90)79(105)77-87(112)93-75(66(102)37-56-48-24-42-23-43(26-48)27-49(56)25-42)59-35-52(97)36-63(99)73(59)58-28-45(8-17-62(58)98)57(38-65(74)101)86(111)95-77/h6-19,28-30,32-33,35-36,40,42-44,48-49,51,56-57,71,74-82,88,97-99,104-108H,5,20-27,31,34,37-39,91H2,1-4H3,(H,92,110)(H,93,112)(H,94,109)(H,95,111)(H,96,103)/t42?,43?,44-,48?,49?,51+,56?,57-,71-,74-,75+,76+,77+,78-,79-,80-,81+,82-,88+/m1/s1. The molecule has 32 nitrogen and oxygen atoms in total. The van der Waals surface area contributed by atoms with E-state index in [1.165, 1.54) is 60.7 Å². The lowest BCUT2D eigenvalue weighted by Crippen LogP contribution is -2.60. The van der Waals surface area contributed by atoms with Gasteiger partial charge in [0.25, 0.3) is 20.1 Å². The largest absolute Gasteiger partial charge is 0.508 e. The Hall–Kier alpha value is -10.3. The maximum atomic E-state index is 16.6. The third-order valence-corrected chi connectivity index (χ3v) is 27.8. The fraction of sp³-hybridized carbons (Fsp3) is 0.432. The Morgan fingerprint density at radius 2 is 1.25 bits per heavy atom. The first-order chi connectivity index (χ1) is 58.9. The average Bonchev–Trinajstić information content (AvgIpc) is 0.755. The van der Waals surface area contributed by atoms with Gasteiger partial charge in [-0.15, -0.1) is 0 Å². The van der Waals surface area contributed by atoms with Crippen LogP contribution < -0.4 is 50.7 Å². The zero-order valence-corrected chi connectivity index (χ0v) is 70.8. The molecule has 15 N–H and O–H groups in total. The van der Waals surface area contributed by atoms with Gasteiger partial charge in [0, 0.05) is 55.3 Å². The van der Waals surface area contributed by atoms with Gasteiger partial charge >= 0.3 is 0 Å². The normalized spacial score (nSPS) is 27.2. The number of sulfonamides is 1. The number of carbonyl (C=O) groups is 8. The van der Waals surface area contributed by atoms with E-state index in [2.05, 4.69) is 21.3 Å². The zero-order valence-electron chi connectivity index (χ0n) is 67.6. The molecule has 17 rings (SSSR count). The molecule has 124 heavy (non-hydrogen) atoms. The first-order valence-electron chi connectivity index (χ1n) is 40.9. The molecule has 4 saturated carbocycles. The molecule has 36 heteroatoms. The molecule has 660 valence electrons. The van der Waals surface area contributed by atoms with Gasteiger partial charge in [-0.2, -0.15) is 8.42 Å². The first-order valence-corrected chi connectivity index (χ1v) is 44.6. The van der Waals surface area contributed by atoms with Crippen LogP contribution in [0.4, 0.5) is 0 Å². The molecule has 5 amide bonds. The number of aliphatic hydroxyl groups excluding tert-OH is 5. The zero-order chi connectivity index (χ0) is 88.8. The molecular weight excluding hydrogens is 1690 g/mol. The van der Waals surface area contributed by atoms with Crippen molar-refractivity contribution in [1.29, 1.82) is 0 Å². The molecular formula is C88H96Cl2N6O26S2. The fourth-order valence-corrected chi connectivity index (χ4v) is 20.7. The summed E-state index contributed by atoms with van der Waals surface area (Å²) in [6, 6.07) is 16.8. The van der Waals surface area contributed by atoms with Crippen molar-refractivity contribution >= 4 is 90.2 Å². The van der Waals surface area contributed by atoms with E-state index in [1.807, 2.05) is 18.6 Å². The van der Waals surface area contributed by atoms with Gasteiger partial charge in [0.2, 0.25) is 41.6 Å². The monoisotopic (exact) mass is 1790 g/mol. The number of amides is 5. The predicted octanol–water partition coefficient (Wildman–Crippen LogP) is 8.31. The van der Waals surface area contributed by atoms with Crippen LogP contribution in [0.2, 0.25) is 10.0 Å². The van der Waals surface area contributed by atoms with Gasteiger partial charge in [-0.25, -0.2) is 13.1 Å². The Morgan fingerprint density at radius 3 is 1.86 bits per heavy atom. The minimum atomic E-state index is -4.99. The van der Waals surface area contributed by atoms with Crippen molar-refractivity contribution in [3.8, 4) is 62.9 Å². The third-order valence-electron chi connectivity index (χ3n) is 24.5. The summed E-state index contributed by atoms with van der Waals surface area (Å²) in [6.45, 7) is 5.90. The molecule has 0 aromatic heterocycles. The number of fused-ring (bicyclic) bond motifs is 15. The number of nitrogens with two attached hydrogens (primary N) is 1. The second-order valence-electron chi connectivity index (χ2n) is 33.5. The Balaban J connectivity index is 0.907. The van der Waals surface area contributed by atoms with Crippen LogP contribution in [0.5, 0.6) is 51.7 Å². The summed E-state index contributed by atoms with van der Waals surface area (Å²) < 4.78 is 92.8. The van der Waals surface area contributed by atoms with E-state index in [4.69, 9.17) is 56.8 Å². The number of phenols is 3. The third kappa shape index (κ3) is 19.4. The number of carbonyl (C=O) groups excluding carboxylic acids is 8. The summed E-state index contributed by atoms with van der Waals surface area (Å²) in [5.74, 6) is -17.3. The van der Waals surface area contributed by atoms with Crippen molar-refractivity contribution in [3.05, 3.63) is 171 Å². The number of halogens is 2. The minimum absolute atomic E-state index is 0.0185. The number of aliphatic hydroxyl groups is 5. The van der Waals surface area contributed by atoms with E-state index in [0.29, 0.717) is 11.8 Å². The van der Waals surface area contributed by atoms with E-state index < -0.39 is 234 Å². The highest BCUT2D eigenvalue weighted by Crippen LogP contribution is 2.58. The molecule has 5 fully saturated rings. The van der Waals surface area contributed by atoms with E-state index in [-0.39, 0.29) is 110 Å². The van der Waals surface area contributed by atoms with Crippen molar-refractivity contribution in [2.24, 2.45) is 53.1 Å². The van der Waals surface area contributed by atoms with Crippen LogP contribution in [0, 0.1) is 54.3 Å². The first kappa shape index (κ1) is 89.9. The number of ketones is 3. The van der Waals surface area contributed by atoms with Gasteiger partial charge in [-0.3, -0.25) is 42.5 Å². The predicted molar refractivity (Wildman–Crippen MR) is 443 cm³/mol. The Kier molecular flexibility index (Phi) is 26.9. The molecule has 15 bridgehead atoms. The quantitative estimate of drug-likeness (QED) is 0.0237. The molecule has 14 atom stereocenters. The Morgan fingerprint density at radius 1 is 0.629 bits per heavy atom. The van der Waals surface area contributed by atoms with Gasteiger partial charge in [0.1, 0.15) is 109 Å². The second-order valence-corrected chi connectivity index (χ2v) is 37.6. The van der Waals surface area contributed by atoms with Crippen LogP contribution in [0.25, 0.3) is 11.1 Å². The highest BCUT2D eigenvalue weighted by molar-refractivity contribution is 7.90. The Bertz CT molecular complexity index is 5520. The number of nitrogens with one attached hydrogen (secondary N) is 5. The number of phenolic OH excluding ortho intramolecular Hbond substituents is 3. The lowest BCUT2D eigenvalue weighted by molar-refractivity contribution is -0.270. The smallest absolute Gasteiger partial charge is 0.297 e. The van der Waals surface area contributed by atoms with Crippen LogP contribution in [0.15, 0.2) is 137 Å². The molecule has 4 aliphatic carbocycles. The van der Waals surface area contributed by atoms with E-state index in [9.17, 15) is 67.3 Å². The van der Waals surface area contributed by atoms with Gasteiger partial charge in [0.05, 0.1) is 31.7 Å². The number of benzene rings is 7. The minimum Gasteiger partial charge on any atom is -0.508 e. The highest BCUT2D eigenvalue weighted by atomic mass is 35.5. The summed E-state index contributed by atoms with van der Waals surface area (Å²) in [4.78, 5) is 124. The van der Waals surface area contributed by atoms with E-state index >= 15 is 28.8 Å². The lowest BCUT2D eigenvalue weighted by Gasteiger charge is -2.54. The number of aromatic hydroxyl groups is 3. The molecule has 0 unspecified atom stereocenters. The number of ether oxygens (including phenoxy) is 5. The van der Waals surface area contributed by atoms with Crippen molar-refractivity contribution in [2.75, 3.05) is 19.8 Å². The van der Waals surface area contributed by atoms with Crippen molar-refractivity contribution in [2.45, 2.75) is 181 Å². The topological polar surface area (TPSA) is 508 Å². The van der Waals surface area contributed by atoms with E-state index in [1.54, 1.807) is 26.0 Å². The van der Waals surface area contributed by atoms with E-state index in [0.717, 1.165) is 92.3 Å². The SMILES string of the molecule is CC[C@H](CC(C)C)C(=O)N[C@H]1C(=O)C[C@@H](CC(=O)NS(=O)(=O)c2ccc(OCCOS(=O)(=O)c3ccc(C)cc3)cc2)C(=O)N[C@H]2C(=O)C[C@H]3C(=O)N[C@H](C(=O)N[C@H](C(=O)CC4C5CC6CC(C5)CC4C6)c4cc(O)cc(O)c4-c4cc3ccc4O)[C@H](O)c3ccc(c(Cl)c3)Oc3cc2cc(c3O[C@@H]2O[C@H](CN)[C@@H](O)[C@H](O)[C@H]2O)Oc2ccc(cc2Cl)[C@H]1O. The number of aryl methyl sites for hydroxylation is 1. The number of Topliss-reactive ketones (excluding diaryl/α,β-unsaturated/α-hetero) is 3. The molecule has 0 radical (unpaired) electrons. The fourth-order valence-electron chi connectivity index (χ4n) is 18.3. The van der Waals surface area contributed by atoms with Crippen LogP contribution in [-0.2, 0) is 67.4 Å². The lowest BCUT2D eigenvalue weighted by atomic mass is 9.51. The van der Waals surface area contributed by atoms with Gasteiger partial charge < -0.3 is 91.5 Å². The van der Waals surface area contributed by atoms with Gasteiger partial charge in [-0.1, -0.05) is 79.9 Å². The molecule has 7 aromatic carbocycles. The summed E-state index contributed by atoms with van der Waals surface area (Å²) in [7, 11) is -9.19. The van der Waals surface area contributed by atoms with Gasteiger partial charge in [-0.05, 0) is 206 Å². The van der Waals surface area contributed by atoms with Crippen LogP contribution in [-0.4, -0.2) is 167 Å². The molecule has 6 aliphatic heterocycles. The van der Waals surface area contributed by atoms with Crippen LogP contribution in [0.1, 0.15) is 155 Å². The molecule has 0 spiro atoms. The van der Waals surface area contributed by atoms with Crippen LogP contribution >= 0.6 is 23.2 Å². The molecule has 7 aromatic rings. The van der Waals surface area contributed by atoms with Gasteiger partial charge in [0.15, 0.2) is 28.8 Å². The summed E-state index contributed by atoms with van der Waals surface area (Å²) in [5, 5.41) is 105. The average molecular weight is 1790 g/mol. The van der Waals surface area contributed by atoms with Crippen molar-refractivity contribution in [3.63, 3.8) is 0 Å². The summed E-state index contributed by atoms with van der Waals surface area (Å²) >= 11 is 14.3.